The number of thioether (sulfide) groups is 1. The van der Waals surface area contributed by atoms with Gasteiger partial charge in [-0.05, 0) is 0 Å². The van der Waals surface area contributed by atoms with Gasteiger partial charge in [-0.15, -0.1) is 0 Å². The normalized spacial score (nSPS) is 20.4. The first-order valence-electron chi connectivity index (χ1n) is 4.82. The van der Waals surface area contributed by atoms with E-state index in [4.69, 9.17) is 4.74 Å². The quantitative estimate of drug-likeness (QED) is 0.774. The van der Waals surface area contributed by atoms with Gasteiger partial charge in [-0.25, -0.2) is 0 Å². The van der Waals surface area contributed by atoms with Crippen molar-refractivity contribution in [2.24, 2.45) is 0 Å². The minimum absolute atomic E-state index is 0.0154. The van der Waals surface area contributed by atoms with Gasteiger partial charge < -0.3 is 0 Å². The first kappa shape index (κ1) is 11.7. The molecule has 16 heavy (non-hydrogen) atoms. The van der Waals surface area contributed by atoms with Gasteiger partial charge in [-0.2, -0.15) is 0 Å². The van der Waals surface area contributed by atoms with Gasteiger partial charge in [0.1, 0.15) is 0 Å². The van der Waals surface area contributed by atoms with Crippen LogP contribution in [0.1, 0.15) is 6.92 Å². The number of carbonyl (C=O) groups excluding carboxylic acids is 1. The summed E-state index contributed by atoms with van der Waals surface area (Å²) >= 11 is 4.48. The molecule has 84 valence electrons. The predicted molar refractivity (Wildman–Crippen MR) is 68.3 cm³/mol. The van der Waals surface area contributed by atoms with Crippen molar-refractivity contribution in [2.75, 3.05) is 12.0 Å². The second-order valence-corrected chi connectivity index (χ2v) is 6.12. The summed E-state index contributed by atoms with van der Waals surface area (Å²) in [6, 6.07) is 7.46. The van der Waals surface area contributed by atoms with Crippen LogP contribution in [-0.4, -0.2) is 37.7 Å². The molecule has 1 saturated heterocycles. The third-order valence-corrected chi connectivity index (χ3v) is 4.29. The van der Waals surface area contributed by atoms with E-state index in [2.05, 4.69) is 15.6 Å². The van der Waals surface area contributed by atoms with E-state index in [1.807, 2.05) is 31.2 Å². The number of ether oxygens (including phenoxy) is 1. The Hall–Kier alpha value is -0.771. The molecule has 0 radical (unpaired) electrons. The van der Waals surface area contributed by atoms with Gasteiger partial charge in [0.2, 0.25) is 0 Å². The molecule has 1 fully saturated rings. The number of anilines is 1. The summed E-state index contributed by atoms with van der Waals surface area (Å²) in [7, 11) is 1.62. The zero-order valence-electron chi connectivity index (χ0n) is 8.97. The van der Waals surface area contributed by atoms with E-state index in [0.717, 1.165) is 15.3 Å². The third-order valence-electron chi connectivity index (χ3n) is 2.36. The van der Waals surface area contributed by atoms with Crippen LogP contribution in [0.3, 0.4) is 0 Å². The fourth-order valence-electron chi connectivity index (χ4n) is 1.49. The van der Waals surface area contributed by atoms with Crippen LogP contribution in [0.5, 0.6) is 5.75 Å². The molecular formula is C11H11NO2SSe. The van der Waals surface area contributed by atoms with Crippen LogP contribution in [0.15, 0.2) is 24.3 Å². The molecule has 1 aliphatic rings. The van der Waals surface area contributed by atoms with E-state index in [1.54, 1.807) is 23.8 Å². The topological polar surface area (TPSA) is 29.5 Å². The number of benzene rings is 1. The Kier molecular flexibility index (Phi) is 3.38. The first-order chi connectivity index (χ1) is 7.63. The van der Waals surface area contributed by atoms with Crippen LogP contribution in [-0.2, 0) is 4.79 Å². The maximum absolute atomic E-state index is 11.9. The Bertz CT molecular complexity index is 432. The second kappa shape index (κ2) is 4.62. The van der Waals surface area contributed by atoms with E-state index in [-0.39, 0.29) is 11.2 Å². The van der Waals surface area contributed by atoms with Crippen LogP contribution in [0.4, 0.5) is 5.69 Å². The molecule has 0 spiro atoms. The van der Waals surface area contributed by atoms with E-state index < -0.39 is 0 Å². The van der Waals surface area contributed by atoms with Gasteiger partial charge in [-0.3, -0.25) is 0 Å². The molecule has 5 heteroatoms. The summed E-state index contributed by atoms with van der Waals surface area (Å²) in [4.78, 5) is 13.6. The molecule has 2 rings (SSSR count). The number of methoxy groups -OCH3 is 1. The molecule has 1 unspecified atom stereocenters. The number of carbonyl (C=O) groups is 1. The molecular weight excluding hydrogens is 289 g/mol. The standard InChI is InChI=1S/C11H11NO2SSe/c1-7-10(13)12(11(16)15-7)8-3-5-9(14-2)6-4-8/h3-7H,1-2H3. The first-order valence-corrected chi connectivity index (χ1v) is 6.55. The molecule has 0 N–H and O–H groups in total. The van der Waals surface area contributed by atoms with Crippen LogP contribution >= 0.6 is 11.8 Å². The fraction of sp³-hybridized carbons (Fsp3) is 0.273. The average Bonchev–Trinajstić information content (AvgIpc) is 2.54. The summed E-state index contributed by atoms with van der Waals surface area (Å²) < 4.78 is 5.99. The fourth-order valence-corrected chi connectivity index (χ4v) is 3.62. The third kappa shape index (κ3) is 2.03. The number of hydrogen-bond acceptors (Lipinski definition) is 3. The Morgan fingerprint density at radius 2 is 2.00 bits per heavy atom. The monoisotopic (exact) mass is 301 g/mol. The Labute approximate surface area is 107 Å². The van der Waals surface area contributed by atoms with Crippen molar-refractivity contribution < 1.29 is 9.53 Å². The van der Waals surface area contributed by atoms with Gasteiger partial charge in [-0.1, -0.05) is 0 Å². The molecule has 1 aromatic rings. The summed E-state index contributed by atoms with van der Waals surface area (Å²) in [5, 5.41) is -0.0154. The summed E-state index contributed by atoms with van der Waals surface area (Å²) in [6.45, 7) is 1.91. The van der Waals surface area contributed by atoms with Gasteiger partial charge in [0.05, 0.1) is 0 Å². The van der Waals surface area contributed by atoms with Crippen molar-refractivity contribution in [3.63, 3.8) is 0 Å². The Morgan fingerprint density at radius 3 is 2.44 bits per heavy atom. The van der Waals surface area contributed by atoms with Crippen molar-refractivity contribution in [1.29, 1.82) is 0 Å². The van der Waals surface area contributed by atoms with Gasteiger partial charge in [0.15, 0.2) is 0 Å². The van der Waals surface area contributed by atoms with Crippen molar-refractivity contribution in [3.05, 3.63) is 24.3 Å². The molecule has 0 aliphatic carbocycles. The van der Waals surface area contributed by atoms with E-state index in [0.29, 0.717) is 0 Å². The minimum atomic E-state index is -0.0154. The zero-order valence-corrected chi connectivity index (χ0v) is 11.5. The summed E-state index contributed by atoms with van der Waals surface area (Å²) in [5.41, 5.74) is 0.872. The number of nitrogens with zero attached hydrogens (tertiary/aromatic N) is 1. The Balaban J connectivity index is 2.30. The van der Waals surface area contributed by atoms with Crippen LogP contribution in [0.25, 0.3) is 0 Å². The Morgan fingerprint density at radius 1 is 1.38 bits per heavy atom. The van der Waals surface area contributed by atoms with Crippen molar-refractivity contribution in [2.45, 2.75) is 12.2 Å². The van der Waals surface area contributed by atoms with Crippen molar-refractivity contribution >= 4 is 42.8 Å². The molecule has 0 aromatic heterocycles. The van der Waals surface area contributed by atoms with Gasteiger partial charge >= 0.3 is 107 Å². The molecule has 1 atom stereocenters. The molecule has 1 heterocycles. The van der Waals surface area contributed by atoms with E-state index >= 15 is 0 Å². The number of rotatable bonds is 2. The predicted octanol–water partition coefficient (Wildman–Crippen LogP) is 1.42. The van der Waals surface area contributed by atoms with E-state index in [9.17, 15) is 4.79 Å². The maximum atomic E-state index is 11.9. The van der Waals surface area contributed by atoms with E-state index in [1.165, 1.54) is 0 Å². The number of hydrogen-bond donors (Lipinski definition) is 0. The molecule has 1 amide bonds. The molecule has 3 nitrogen and oxygen atoms in total. The SMILES string of the molecule is COc1ccc(N2C(=O)C(C)SC2=[Se])cc1. The van der Waals surface area contributed by atoms with Crippen molar-refractivity contribution in [3.8, 4) is 5.75 Å². The molecule has 0 saturated carbocycles. The van der Waals surface area contributed by atoms with Crippen molar-refractivity contribution in [1.82, 2.24) is 0 Å². The molecule has 1 aromatic carbocycles. The van der Waals surface area contributed by atoms with Gasteiger partial charge in [0.25, 0.3) is 0 Å². The second-order valence-electron chi connectivity index (χ2n) is 3.40. The summed E-state index contributed by atoms with van der Waals surface area (Å²) in [6.07, 6.45) is 0. The van der Waals surface area contributed by atoms with Crippen LogP contribution < -0.4 is 9.64 Å². The number of amides is 1. The average molecular weight is 300 g/mol. The summed E-state index contributed by atoms with van der Waals surface area (Å²) in [5.74, 6) is 0.904. The zero-order chi connectivity index (χ0) is 11.7. The van der Waals surface area contributed by atoms with Crippen LogP contribution in [0, 0.1) is 0 Å². The molecule has 0 bridgehead atoms. The van der Waals surface area contributed by atoms with Gasteiger partial charge in [0, 0.05) is 0 Å². The van der Waals surface area contributed by atoms with Crippen LogP contribution in [0.2, 0.25) is 0 Å². The molecule has 1 aliphatic heterocycles.